The summed E-state index contributed by atoms with van der Waals surface area (Å²) in [7, 11) is -4.67. The fourth-order valence-corrected chi connectivity index (χ4v) is 1.72. The summed E-state index contributed by atoms with van der Waals surface area (Å²) in [5.41, 5.74) is 10.9. The minimum absolute atomic E-state index is 0.0548. The van der Waals surface area contributed by atoms with E-state index in [1.807, 2.05) is 0 Å². The van der Waals surface area contributed by atoms with Gasteiger partial charge in [-0.15, -0.1) is 0 Å². The zero-order valence-corrected chi connectivity index (χ0v) is 11.2. The maximum Gasteiger partial charge on any atom is 0.394 e. The van der Waals surface area contributed by atoms with E-state index in [2.05, 4.69) is 5.32 Å². The van der Waals surface area contributed by atoms with Crippen molar-refractivity contribution in [2.75, 3.05) is 6.54 Å². The maximum atomic E-state index is 11.5. The van der Waals surface area contributed by atoms with Crippen LogP contribution in [0.15, 0.2) is 0 Å². The van der Waals surface area contributed by atoms with E-state index < -0.39 is 10.4 Å². The van der Waals surface area contributed by atoms with Crippen molar-refractivity contribution >= 4 is 22.1 Å². The molecule has 0 heterocycles. The molecule has 10 heteroatoms. The highest BCUT2D eigenvalue weighted by atomic mass is 32.3. The van der Waals surface area contributed by atoms with Crippen molar-refractivity contribution < 1.29 is 22.3 Å². The third-order valence-electron chi connectivity index (χ3n) is 2.54. The van der Waals surface area contributed by atoms with Crippen LogP contribution in [0.3, 0.4) is 0 Å². The molecule has 8 N–H and O–H groups in total. The van der Waals surface area contributed by atoms with Crippen LogP contribution in [0, 0.1) is 11.3 Å². The lowest BCUT2D eigenvalue weighted by Crippen LogP contribution is -2.32. The second-order valence-electron chi connectivity index (χ2n) is 4.28. The first-order chi connectivity index (χ1) is 8.59. The molecule has 112 valence electrons. The summed E-state index contributed by atoms with van der Waals surface area (Å²) in [6.07, 6.45) is 3.02. The molecule has 1 fully saturated rings. The Labute approximate surface area is 111 Å². The lowest BCUT2D eigenvalue weighted by atomic mass is 10.1. The SMILES string of the molecule is N=C(N)CCNC(=O)[C@@H]1CC[C@H](N)C1.O=S(=O)(O)O. The largest absolute Gasteiger partial charge is 0.394 e. The summed E-state index contributed by atoms with van der Waals surface area (Å²) in [5, 5.41) is 9.75. The number of carbonyl (C=O) groups is 1. The minimum atomic E-state index is -4.67. The van der Waals surface area contributed by atoms with Gasteiger partial charge in [-0.3, -0.25) is 19.3 Å². The Balaban J connectivity index is 0.000000555. The number of hydrogen-bond acceptors (Lipinski definition) is 5. The third kappa shape index (κ3) is 11.6. The third-order valence-corrected chi connectivity index (χ3v) is 2.54. The Kier molecular flexibility index (Phi) is 7.52. The molecule has 1 amide bonds. The van der Waals surface area contributed by atoms with Crippen LogP contribution >= 0.6 is 0 Å². The van der Waals surface area contributed by atoms with Gasteiger partial charge in [-0.05, 0) is 19.3 Å². The van der Waals surface area contributed by atoms with Crippen LogP contribution < -0.4 is 16.8 Å². The number of nitrogens with two attached hydrogens (primary N) is 2. The van der Waals surface area contributed by atoms with Crippen LogP contribution in [-0.2, 0) is 15.2 Å². The molecule has 1 aliphatic rings. The summed E-state index contributed by atoms with van der Waals surface area (Å²) in [4.78, 5) is 11.5. The Bertz CT molecular complexity index is 403. The molecule has 0 aromatic heterocycles. The van der Waals surface area contributed by atoms with E-state index in [4.69, 9.17) is 34.4 Å². The van der Waals surface area contributed by atoms with Crippen LogP contribution in [-0.4, -0.2) is 41.9 Å². The molecule has 0 saturated heterocycles. The highest BCUT2D eigenvalue weighted by Gasteiger charge is 2.27. The Morgan fingerprint density at radius 2 is 1.89 bits per heavy atom. The van der Waals surface area contributed by atoms with Crippen molar-refractivity contribution in [2.24, 2.45) is 17.4 Å². The molecule has 0 unspecified atom stereocenters. The van der Waals surface area contributed by atoms with Crippen molar-refractivity contribution in [3.63, 3.8) is 0 Å². The molecule has 0 aliphatic heterocycles. The lowest BCUT2D eigenvalue weighted by molar-refractivity contribution is -0.124. The molecule has 0 spiro atoms. The van der Waals surface area contributed by atoms with E-state index in [-0.39, 0.29) is 23.7 Å². The first-order valence-corrected chi connectivity index (χ1v) is 7.05. The molecule has 1 aliphatic carbocycles. The van der Waals surface area contributed by atoms with Gasteiger partial charge in [-0.1, -0.05) is 0 Å². The van der Waals surface area contributed by atoms with Gasteiger partial charge in [-0.2, -0.15) is 8.42 Å². The number of rotatable bonds is 4. The molecule has 2 atom stereocenters. The molecule has 1 rings (SSSR count). The standard InChI is InChI=1S/C9H18N4O.H2O4S/c10-7-2-1-6(5-7)9(14)13-4-3-8(11)12;1-5(2,3)4/h6-7H,1-5,10H2,(H3,11,12)(H,13,14);(H2,1,2,3,4)/t6-,7+;/m1./s1. The quantitative estimate of drug-likeness (QED) is 0.216. The predicted octanol–water partition coefficient (Wildman–Crippen LogP) is -1.10. The predicted molar refractivity (Wildman–Crippen MR) is 69.0 cm³/mol. The highest BCUT2D eigenvalue weighted by molar-refractivity contribution is 7.79. The Hall–Kier alpha value is -1.23. The fourth-order valence-electron chi connectivity index (χ4n) is 1.72. The van der Waals surface area contributed by atoms with Crippen LogP contribution in [0.1, 0.15) is 25.7 Å². The molecule has 9 nitrogen and oxygen atoms in total. The van der Waals surface area contributed by atoms with Crippen molar-refractivity contribution in [2.45, 2.75) is 31.7 Å². The lowest BCUT2D eigenvalue weighted by Gasteiger charge is -2.09. The molecule has 19 heavy (non-hydrogen) atoms. The number of amidine groups is 1. The van der Waals surface area contributed by atoms with Crippen molar-refractivity contribution in [1.29, 1.82) is 5.41 Å². The minimum Gasteiger partial charge on any atom is -0.388 e. The second kappa shape index (κ2) is 8.04. The summed E-state index contributed by atoms with van der Waals surface area (Å²) in [6, 6.07) is 0.179. The molecular formula is C9H20N4O5S. The molecule has 0 bridgehead atoms. The highest BCUT2D eigenvalue weighted by Crippen LogP contribution is 2.23. The van der Waals surface area contributed by atoms with E-state index >= 15 is 0 Å². The van der Waals surface area contributed by atoms with Crippen LogP contribution in [0.2, 0.25) is 0 Å². The molecular weight excluding hydrogens is 276 g/mol. The topological polar surface area (TPSA) is 180 Å². The van der Waals surface area contributed by atoms with Crippen molar-refractivity contribution in [3.05, 3.63) is 0 Å². The molecule has 0 radical (unpaired) electrons. The number of carbonyl (C=O) groups excluding carboxylic acids is 1. The van der Waals surface area contributed by atoms with Gasteiger partial charge in [-0.25, -0.2) is 0 Å². The van der Waals surface area contributed by atoms with Gasteiger partial charge in [0.2, 0.25) is 5.91 Å². The summed E-state index contributed by atoms with van der Waals surface area (Å²) in [5.74, 6) is 0.226. The van der Waals surface area contributed by atoms with Gasteiger partial charge in [0.05, 0.1) is 5.84 Å². The van der Waals surface area contributed by atoms with Gasteiger partial charge < -0.3 is 16.8 Å². The maximum absolute atomic E-state index is 11.5. The van der Waals surface area contributed by atoms with Crippen LogP contribution in [0.4, 0.5) is 0 Å². The van der Waals surface area contributed by atoms with E-state index in [9.17, 15) is 4.79 Å². The van der Waals surface area contributed by atoms with Gasteiger partial charge >= 0.3 is 10.4 Å². The fraction of sp³-hybridized carbons (Fsp3) is 0.778. The van der Waals surface area contributed by atoms with Crippen LogP contribution in [0.25, 0.3) is 0 Å². The average Bonchev–Trinajstić information content (AvgIpc) is 2.61. The summed E-state index contributed by atoms with van der Waals surface area (Å²) < 4.78 is 31.6. The zero-order valence-electron chi connectivity index (χ0n) is 10.4. The van der Waals surface area contributed by atoms with E-state index in [1.54, 1.807) is 0 Å². The van der Waals surface area contributed by atoms with E-state index in [0.717, 1.165) is 19.3 Å². The Morgan fingerprint density at radius 3 is 2.26 bits per heavy atom. The Morgan fingerprint density at radius 1 is 1.37 bits per heavy atom. The summed E-state index contributed by atoms with van der Waals surface area (Å²) in [6.45, 7) is 0.458. The van der Waals surface area contributed by atoms with Crippen LogP contribution in [0.5, 0.6) is 0 Å². The number of amides is 1. The van der Waals surface area contributed by atoms with Gasteiger partial charge in [0, 0.05) is 24.9 Å². The molecule has 1 saturated carbocycles. The van der Waals surface area contributed by atoms with Gasteiger partial charge in [0.25, 0.3) is 0 Å². The smallest absolute Gasteiger partial charge is 0.388 e. The van der Waals surface area contributed by atoms with Crippen molar-refractivity contribution in [1.82, 2.24) is 5.32 Å². The summed E-state index contributed by atoms with van der Waals surface area (Å²) >= 11 is 0. The van der Waals surface area contributed by atoms with E-state index in [1.165, 1.54) is 0 Å². The first kappa shape index (κ1) is 17.8. The number of nitrogens with one attached hydrogen (secondary N) is 2. The molecule has 0 aromatic rings. The van der Waals surface area contributed by atoms with E-state index in [0.29, 0.717) is 13.0 Å². The zero-order chi connectivity index (χ0) is 15.1. The van der Waals surface area contributed by atoms with Gasteiger partial charge in [0.1, 0.15) is 0 Å². The van der Waals surface area contributed by atoms with Gasteiger partial charge in [0.15, 0.2) is 0 Å². The monoisotopic (exact) mass is 296 g/mol. The number of hydrogen-bond donors (Lipinski definition) is 6. The average molecular weight is 296 g/mol. The molecule has 0 aromatic carbocycles. The van der Waals surface area contributed by atoms with Crippen molar-refractivity contribution in [3.8, 4) is 0 Å². The normalized spacial score (nSPS) is 22.3. The second-order valence-corrected chi connectivity index (χ2v) is 5.18. The first-order valence-electron chi connectivity index (χ1n) is 5.65.